The van der Waals surface area contributed by atoms with Crippen molar-refractivity contribution in [3.05, 3.63) is 97.9 Å². The molecule has 0 spiro atoms. The number of phenolic OH excluding ortho intramolecular Hbond substituents is 1. The summed E-state index contributed by atoms with van der Waals surface area (Å²) in [6.45, 7) is 0.214. The maximum atomic E-state index is 12.8. The molecule has 4 rings (SSSR count). The molecule has 0 aliphatic heterocycles. The Morgan fingerprint density at radius 1 is 1.06 bits per heavy atom. The van der Waals surface area contributed by atoms with Crippen LogP contribution < -0.4 is 10.6 Å². The lowest BCUT2D eigenvalue weighted by atomic mass is 10.1. The number of thiazole rings is 1. The second kappa shape index (κ2) is 11.3. The molecule has 0 aliphatic carbocycles. The number of hydrogen-bond donors (Lipinski definition) is 4. The summed E-state index contributed by atoms with van der Waals surface area (Å²) >= 11 is 6.13. The van der Waals surface area contributed by atoms with E-state index >= 15 is 0 Å². The van der Waals surface area contributed by atoms with Crippen LogP contribution in [0.3, 0.4) is 0 Å². The quantitative estimate of drug-likeness (QED) is 0.213. The molecule has 8 nitrogen and oxygen atoms in total. The maximum absolute atomic E-state index is 12.8. The van der Waals surface area contributed by atoms with Gasteiger partial charge in [0.2, 0.25) is 0 Å². The maximum Gasteiger partial charge on any atom is 0.352 e. The van der Waals surface area contributed by atoms with E-state index in [1.54, 1.807) is 24.4 Å². The van der Waals surface area contributed by atoms with Crippen LogP contribution in [0, 0.1) is 0 Å². The molecule has 2 aromatic carbocycles. The molecule has 182 valence electrons. The van der Waals surface area contributed by atoms with E-state index in [0.717, 1.165) is 15.4 Å². The summed E-state index contributed by atoms with van der Waals surface area (Å²) in [5.41, 5.74) is 0.893. The molecule has 0 fully saturated rings. The predicted molar refractivity (Wildman–Crippen MR) is 142 cm³/mol. The highest BCUT2D eigenvalue weighted by Gasteiger charge is 2.18. The molecule has 11 heteroatoms. The van der Waals surface area contributed by atoms with Crippen molar-refractivity contribution in [3.8, 4) is 15.6 Å². The number of carboxylic acids is 1. The molecule has 0 bridgehead atoms. The van der Waals surface area contributed by atoms with Gasteiger partial charge in [-0.15, -0.1) is 22.7 Å². The SMILES string of the molecule is O=C(O)/C(=C/c1cnc(-c2cccs2)s1)NC(=O)c1ccc(C(=O)NCc2cccc(O)c2)cc1Br. The Morgan fingerprint density at radius 3 is 2.58 bits per heavy atom. The molecule has 0 saturated heterocycles. The van der Waals surface area contributed by atoms with Gasteiger partial charge < -0.3 is 20.8 Å². The summed E-state index contributed by atoms with van der Waals surface area (Å²) in [7, 11) is 0. The van der Waals surface area contributed by atoms with Crippen molar-refractivity contribution in [2.75, 3.05) is 0 Å². The first-order valence-electron chi connectivity index (χ1n) is 10.4. The lowest BCUT2D eigenvalue weighted by Crippen LogP contribution is -2.28. The fraction of sp³-hybridized carbons (Fsp3) is 0.0400. The van der Waals surface area contributed by atoms with Crippen LogP contribution in [0.25, 0.3) is 16.0 Å². The lowest BCUT2D eigenvalue weighted by Gasteiger charge is -2.10. The van der Waals surface area contributed by atoms with Gasteiger partial charge in [0.25, 0.3) is 11.8 Å². The summed E-state index contributed by atoms with van der Waals surface area (Å²) in [4.78, 5) is 42.9. The molecule has 36 heavy (non-hydrogen) atoms. The highest BCUT2D eigenvalue weighted by molar-refractivity contribution is 9.10. The number of aromatic hydroxyl groups is 1. The van der Waals surface area contributed by atoms with Crippen LogP contribution in [0.1, 0.15) is 31.2 Å². The van der Waals surface area contributed by atoms with Gasteiger partial charge in [0.1, 0.15) is 16.5 Å². The molecule has 0 unspecified atom stereocenters. The Hall–Kier alpha value is -3.80. The smallest absolute Gasteiger partial charge is 0.352 e. The van der Waals surface area contributed by atoms with E-state index in [0.29, 0.717) is 14.9 Å². The second-order valence-electron chi connectivity index (χ2n) is 7.41. The van der Waals surface area contributed by atoms with E-state index in [4.69, 9.17) is 0 Å². The molecule has 2 aromatic heterocycles. The number of amides is 2. The second-order valence-corrected chi connectivity index (χ2v) is 10.3. The van der Waals surface area contributed by atoms with Crippen LogP contribution in [-0.2, 0) is 11.3 Å². The number of aromatic nitrogens is 1. The van der Waals surface area contributed by atoms with Crippen LogP contribution >= 0.6 is 38.6 Å². The first-order chi connectivity index (χ1) is 17.3. The zero-order chi connectivity index (χ0) is 25.7. The average Bonchev–Trinajstić information content (AvgIpc) is 3.54. The minimum atomic E-state index is -1.30. The Bertz CT molecular complexity index is 1460. The van der Waals surface area contributed by atoms with Crippen LogP contribution in [0.4, 0.5) is 0 Å². The first kappa shape index (κ1) is 25.3. The van der Waals surface area contributed by atoms with Gasteiger partial charge in [0, 0.05) is 27.7 Å². The van der Waals surface area contributed by atoms with E-state index < -0.39 is 11.9 Å². The minimum Gasteiger partial charge on any atom is -0.508 e. The molecule has 4 aromatic rings. The minimum absolute atomic E-state index is 0.105. The highest BCUT2D eigenvalue weighted by Crippen LogP contribution is 2.30. The van der Waals surface area contributed by atoms with Crippen LogP contribution in [-0.4, -0.2) is 33.0 Å². The number of nitrogens with zero attached hydrogens (tertiary/aromatic N) is 1. The van der Waals surface area contributed by atoms with Crippen molar-refractivity contribution in [1.29, 1.82) is 0 Å². The largest absolute Gasteiger partial charge is 0.508 e. The molecule has 2 amide bonds. The third kappa shape index (κ3) is 6.25. The van der Waals surface area contributed by atoms with Gasteiger partial charge in [0.05, 0.1) is 10.4 Å². The first-order valence-corrected chi connectivity index (χ1v) is 12.9. The van der Waals surface area contributed by atoms with Crippen molar-refractivity contribution in [2.45, 2.75) is 6.54 Å². The van der Waals surface area contributed by atoms with Crippen molar-refractivity contribution in [3.63, 3.8) is 0 Å². The molecule has 0 saturated carbocycles. The molecule has 0 radical (unpaired) electrons. The van der Waals surface area contributed by atoms with Crippen molar-refractivity contribution < 1.29 is 24.6 Å². The number of thiophene rings is 1. The lowest BCUT2D eigenvalue weighted by molar-refractivity contribution is -0.132. The van der Waals surface area contributed by atoms with Gasteiger partial charge in [-0.05, 0) is 69.3 Å². The average molecular weight is 584 g/mol. The Labute approximate surface area is 222 Å². The summed E-state index contributed by atoms with van der Waals surface area (Å²) in [6, 6.07) is 14.7. The third-order valence-electron chi connectivity index (χ3n) is 4.86. The van der Waals surface area contributed by atoms with E-state index in [1.807, 2.05) is 17.5 Å². The number of nitrogens with one attached hydrogen (secondary N) is 2. The Balaban J connectivity index is 1.45. The van der Waals surface area contributed by atoms with Gasteiger partial charge >= 0.3 is 5.97 Å². The number of carbonyl (C=O) groups is 3. The summed E-state index contributed by atoms with van der Waals surface area (Å²) < 4.78 is 0.326. The van der Waals surface area contributed by atoms with Gasteiger partial charge in [0.15, 0.2) is 0 Å². The number of phenols is 1. The molecule has 2 heterocycles. The van der Waals surface area contributed by atoms with Gasteiger partial charge in [-0.25, -0.2) is 9.78 Å². The number of carbonyl (C=O) groups excluding carboxylic acids is 2. The third-order valence-corrected chi connectivity index (χ3v) is 7.50. The molecule has 0 atom stereocenters. The summed E-state index contributed by atoms with van der Waals surface area (Å²) in [5.74, 6) is -2.21. The Morgan fingerprint density at radius 2 is 1.89 bits per heavy atom. The number of benzene rings is 2. The number of hydrogen-bond acceptors (Lipinski definition) is 7. The van der Waals surface area contributed by atoms with E-state index in [2.05, 4.69) is 31.5 Å². The fourth-order valence-corrected chi connectivity index (χ4v) is 5.36. The monoisotopic (exact) mass is 583 g/mol. The molecule has 4 N–H and O–H groups in total. The van der Waals surface area contributed by atoms with Crippen molar-refractivity contribution in [1.82, 2.24) is 15.6 Å². The van der Waals surface area contributed by atoms with Crippen molar-refractivity contribution in [2.24, 2.45) is 0 Å². The fourth-order valence-electron chi connectivity index (χ4n) is 3.14. The number of aliphatic carboxylic acids is 1. The predicted octanol–water partition coefficient (Wildman–Crippen LogP) is 5.13. The van der Waals surface area contributed by atoms with Gasteiger partial charge in [-0.1, -0.05) is 18.2 Å². The van der Waals surface area contributed by atoms with Gasteiger partial charge in [-0.2, -0.15) is 0 Å². The zero-order valence-corrected chi connectivity index (χ0v) is 21.6. The highest BCUT2D eigenvalue weighted by atomic mass is 79.9. The number of carboxylic acid groups (broad SMARTS) is 1. The summed E-state index contributed by atoms with van der Waals surface area (Å²) in [6.07, 6.45) is 2.90. The van der Waals surface area contributed by atoms with Crippen molar-refractivity contribution >= 4 is 62.5 Å². The van der Waals surface area contributed by atoms with Crippen LogP contribution in [0.2, 0.25) is 0 Å². The molecular weight excluding hydrogens is 566 g/mol. The number of rotatable bonds is 8. The zero-order valence-electron chi connectivity index (χ0n) is 18.4. The number of halogens is 1. The van der Waals surface area contributed by atoms with E-state index in [9.17, 15) is 24.6 Å². The standard InChI is InChI=1S/C25H18BrN3O5S2/c26-19-10-15(22(31)27-12-14-3-1-4-16(30)9-14)6-7-18(19)23(32)29-20(25(33)34)11-17-13-28-24(36-17)21-5-2-8-35-21/h1-11,13,30H,12H2,(H,27,31)(H,29,32)(H,33,34)/b20-11-. The topological polar surface area (TPSA) is 129 Å². The Kier molecular flexibility index (Phi) is 7.93. The van der Waals surface area contributed by atoms with E-state index in [1.165, 1.54) is 53.0 Å². The normalized spacial score (nSPS) is 11.2. The molecular formula is C25H18BrN3O5S2. The van der Waals surface area contributed by atoms with Gasteiger partial charge in [-0.3, -0.25) is 9.59 Å². The van der Waals surface area contributed by atoms with Crippen LogP contribution in [0.5, 0.6) is 5.75 Å². The summed E-state index contributed by atoms with van der Waals surface area (Å²) in [5, 5.41) is 27.0. The molecule has 0 aliphatic rings. The van der Waals surface area contributed by atoms with Crippen LogP contribution in [0.15, 0.2) is 76.3 Å². The van der Waals surface area contributed by atoms with E-state index in [-0.39, 0.29) is 29.5 Å².